The summed E-state index contributed by atoms with van der Waals surface area (Å²) in [5.41, 5.74) is 0. The summed E-state index contributed by atoms with van der Waals surface area (Å²) < 4.78 is 34.5. The van der Waals surface area contributed by atoms with Crippen LogP contribution in [0.3, 0.4) is 0 Å². The number of likely N-dealkylation sites (N-methyl/N-ethyl adjacent to an activating group) is 1. The van der Waals surface area contributed by atoms with Crippen LogP contribution in [0.25, 0.3) is 0 Å². The van der Waals surface area contributed by atoms with Gasteiger partial charge in [0.25, 0.3) is 0 Å². The van der Waals surface area contributed by atoms with Gasteiger partial charge < -0.3 is 18.9 Å². The number of unbranched alkanes of at least 4 members (excludes halogenated alkanes) is 29. The minimum atomic E-state index is -4.39. The number of nitrogens with zero attached hydrogens (tertiary/aromatic N) is 1. The van der Waals surface area contributed by atoms with Crippen LogP contribution in [-0.4, -0.2) is 74.9 Å². The van der Waals surface area contributed by atoms with Gasteiger partial charge in [0.15, 0.2) is 6.10 Å². The highest BCUT2D eigenvalue weighted by Crippen LogP contribution is 2.43. The average molecular weight is 925 g/mol. The standard InChI is InChI=1S/C54H102NO8P/c1-6-8-10-12-14-16-18-20-22-24-25-26-27-28-29-31-32-34-36-38-40-42-44-46-53(56)60-50-52(51-62-64(58,59)61-49-48-55(3,4)5)63-54(57)47-45-43-41-39-37-35-33-30-23-21-19-17-15-13-11-9-7-2/h15,17,21,23,33,35,52H,6-14,16,18-20,22,24-32,34,36-51H2,1-5H3/p+1/b17-15+,23-21+,35-33+/t52-/m0/s1. The molecule has 64 heavy (non-hydrogen) atoms. The van der Waals surface area contributed by atoms with Crippen LogP contribution < -0.4 is 0 Å². The number of ether oxygens (including phenoxy) is 2. The van der Waals surface area contributed by atoms with Crippen molar-refractivity contribution in [2.24, 2.45) is 0 Å². The van der Waals surface area contributed by atoms with Crippen molar-refractivity contribution < 1.29 is 42.1 Å². The molecule has 0 aliphatic rings. The molecular weight excluding hydrogens is 822 g/mol. The minimum absolute atomic E-state index is 0.0280. The van der Waals surface area contributed by atoms with Gasteiger partial charge >= 0.3 is 19.8 Å². The zero-order chi connectivity index (χ0) is 47.1. The fourth-order valence-electron chi connectivity index (χ4n) is 7.49. The minimum Gasteiger partial charge on any atom is -0.462 e. The molecular formula is C54H103NO8P+. The van der Waals surface area contributed by atoms with E-state index in [0.717, 1.165) is 57.8 Å². The fraction of sp³-hybridized carbons (Fsp3) is 0.852. The van der Waals surface area contributed by atoms with Crippen molar-refractivity contribution in [1.29, 1.82) is 0 Å². The molecule has 0 saturated heterocycles. The molecule has 0 aromatic carbocycles. The molecule has 0 bridgehead atoms. The van der Waals surface area contributed by atoms with Gasteiger partial charge in [0, 0.05) is 12.8 Å². The lowest BCUT2D eigenvalue weighted by Crippen LogP contribution is -2.37. The van der Waals surface area contributed by atoms with Crippen LogP contribution in [0, 0.1) is 0 Å². The maximum Gasteiger partial charge on any atom is 0.472 e. The topological polar surface area (TPSA) is 108 Å². The molecule has 0 amide bonds. The number of phosphoric ester groups is 1. The smallest absolute Gasteiger partial charge is 0.462 e. The van der Waals surface area contributed by atoms with E-state index in [-0.39, 0.29) is 32.0 Å². The van der Waals surface area contributed by atoms with Gasteiger partial charge in [-0.05, 0) is 51.4 Å². The Balaban J connectivity index is 4.20. The first-order chi connectivity index (χ1) is 31.0. The Hall–Kier alpha value is -1.77. The van der Waals surface area contributed by atoms with Crippen LogP contribution in [0.1, 0.15) is 245 Å². The largest absolute Gasteiger partial charge is 0.472 e. The van der Waals surface area contributed by atoms with Gasteiger partial charge in [0.1, 0.15) is 19.8 Å². The lowest BCUT2D eigenvalue weighted by Gasteiger charge is -2.24. The molecule has 1 unspecified atom stereocenters. The number of quaternary nitrogens is 1. The molecule has 0 aromatic heterocycles. The van der Waals surface area contributed by atoms with Gasteiger partial charge in [-0.15, -0.1) is 0 Å². The van der Waals surface area contributed by atoms with E-state index in [9.17, 15) is 19.0 Å². The van der Waals surface area contributed by atoms with Crippen molar-refractivity contribution in [3.05, 3.63) is 36.5 Å². The van der Waals surface area contributed by atoms with Crippen LogP contribution in [0.15, 0.2) is 36.5 Å². The molecule has 1 N–H and O–H groups in total. The Labute approximate surface area is 395 Å². The number of allylic oxidation sites excluding steroid dienone is 6. The van der Waals surface area contributed by atoms with Gasteiger partial charge in [0.2, 0.25) is 0 Å². The molecule has 0 aliphatic heterocycles. The Kier molecular flexibility index (Phi) is 45.1. The number of carbonyl (C=O) groups is 2. The lowest BCUT2D eigenvalue weighted by atomic mass is 10.0. The highest BCUT2D eigenvalue weighted by molar-refractivity contribution is 7.47. The summed E-state index contributed by atoms with van der Waals surface area (Å²) >= 11 is 0. The molecule has 0 fully saturated rings. The maximum atomic E-state index is 12.7. The highest BCUT2D eigenvalue weighted by atomic mass is 31.2. The van der Waals surface area contributed by atoms with Crippen LogP contribution in [0.2, 0.25) is 0 Å². The van der Waals surface area contributed by atoms with Crippen LogP contribution in [-0.2, 0) is 32.7 Å². The molecule has 0 saturated carbocycles. The first kappa shape index (κ1) is 62.2. The second-order valence-electron chi connectivity index (χ2n) is 19.3. The number of rotatable bonds is 49. The van der Waals surface area contributed by atoms with Gasteiger partial charge in [-0.1, -0.05) is 217 Å². The Morgan fingerprint density at radius 2 is 0.844 bits per heavy atom. The second kappa shape index (κ2) is 46.3. The molecule has 0 aromatic rings. The van der Waals surface area contributed by atoms with Crippen LogP contribution >= 0.6 is 7.82 Å². The highest BCUT2D eigenvalue weighted by Gasteiger charge is 2.27. The quantitative estimate of drug-likeness (QED) is 0.0211. The third kappa shape index (κ3) is 49.7. The lowest BCUT2D eigenvalue weighted by molar-refractivity contribution is -0.870. The van der Waals surface area contributed by atoms with Crippen molar-refractivity contribution in [3.8, 4) is 0 Å². The fourth-order valence-corrected chi connectivity index (χ4v) is 8.24. The Morgan fingerprint density at radius 1 is 0.484 bits per heavy atom. The monoisotopic (exact) mass is 925 g/mol. The second-order valence-corrected chi connectivity index (χ2v) is 20.7. The Morgan fingerprint density at radius 3 is 1.28 bits per heavy atom. The normalized spacial score (nSPS) is 13.7. The molecule has 0 aliphatic carbocycles. The van der Waals surface area contributed by atoms with Crippen molar-refractivity contribution in [2.45, 2.75) is 251 Å². The maximum absolute atomic E-state index is 12.7. The van der Waals surface area contributed by atoms with E-state index >= 15 is 0 Å². The summed E-state index contributed by atoms with van der Waals surface area (Å²) in [6.07, 6.45) is 54.9. The van der Waals surface area contributed by atoms with Gasteiger partial charge in [-0.2, -0.15) is 0 Å². The SMILES string of the molecule is CCCCC/C=C/C/C=C/C/C=C/CCCCCCC(=O)O[C@@H](COC(=O)CCCCCCCCCCCCCCCCCCCCCCCCC)COP(=O)(O)OCC[N+](C)(C)C. The molecule has 0 spiro atoms. The summed E-state index contributed by atoms with van der Waals surface area (Å²) in [6.45, 7) is 4.41. The summed E-state index contributed by atoms with van der Waals surface area (Å²) in [6, 6.07) is 0. The number of hydrogen-bond acceptors (Lipinski definition) is 7. The van der Waals surface area contributed by atoms with Crippen LogP contribution in [0.4, 0.5) is 0 Å². The van der Waals surface area contributed by atoms with E-state index < -0.39 is 26.5 Å². The molecule has 0 heterocycles. The van der Waals surface area contributed by atoms with Gasteiger partial charge in [0.05, 0.1) is 27.7 Å². The third-order valence-corrected chi connectivity index (χ3v) is 12.7. The molecule has 2 atom stereocenters. The summed E-state index contributed by atoms with van der Waals surface area (Å²) in [7, 11) is 1.47. The number of esters is 2. The van der Waals surface area contributed by atoms with Crippen molar-refractivity contribution in [1.82, 2.24) is 0 Å². The molecule has 9 nitrogen and oxygen atoms in total. The third-order valence-electron chi connectivity index (χ3n) is 11.7. The number of hydrogen-bond donors (Lipinski definition) is 1. The van der Waals surface area contributed by atoms with E-state index in [0.29, 0.717) is 17.4 Å². The number of carbonyl (C=O) groups excluding carboxylic acids is 2. The van der Waals surface area contributed by atoms with Crippen LogP contribution in [0.5, 0.6) is 0 Å². The van der Waals surface area contributed by atoms with E-state index in [4.69, 9.17) is 18.5 Å². The van der Waals surface area contributed by atoms with Crippen molar-refractivity contribution in [3.63, 3.8) is 0 Å². The zero-order valence-electron chi connectivity index (χ0n) is 42.5. The van der Waals surface area contributed by atoms with Crippen molar-refractivity contribution in [2.75, 3.05) is 47.5 Å². The van der Waals surface area contributed by atoms with E-state index in [1.54, 1.807) is 0 Å². The zero-order valence-corrected chi connectivity index (χ0v) is 43.4. The predicted molar refractivity (Wildman–Crippen MR) is 270 cm³/mol. The van der Waals surface area contributed by atoms with Crippen molar-refractivity contribution >= 4 is 19.8 Å². The molecule has 376 valence electrons. The van der Waals surface area contributed by atoms with E-state index in [1.165, 1.54) is 154 Å². The number of phosphoric acid groups is 1. The summed E-state index contributed by atoms with van der Waals surface area (Å²) in [5.74, 6) is -0.813. The summed E-state index contributed by atoms with van der Waals surface area (Å²) in [4.78, 5) is 35.6. The molecule has 10 heteroatoms. The molecule has 0 radical (unpaired) electrons. The summed E-state index contributed by atoms with van der Waals surface area (Å²) in [5, 5.41) is 0. The van der Waals surface area contributed by atoms with E-state index in [1.807, 2.05) is 21.1 Å². The van der Waals surface area contributed by atoms with E-state index in [2.05, 4.69) is 50.3 Å². The first-order valence-corrected chi connectivity index (χ1v) is 28.2. The molecule has 0 rings (SSSR count). The average Bonchev–Trinajstić information content (AvgIpc) is 3.25. The first-order valence-electron chi connectivity index (χ1n) is 26.7. The Bertz CT molecular complexity index is 1180. The van der Waals surface area contributed by atoms with Gasteiger partial charge in [-0.3, -0.25) is 18.6 Å². The van der Waals surface area contributed by atoms with Gasteiger partial charge in [-0.25, -0.2) is 4.57 Å². The predicted octanol–water partition coefficient (Wildman–Crippen LogP) is 16.0.